The molecular weight excluding hydrogens is 278 g/mol. The number of carbonyl (C=O) groups is 1. The minimum absolute atomic E-state index is 0.0627. The number of aliphatic hydroxyl groups is 1. The van der Waals surface area contributed by atoms with Gasteiger partial charge in [-0.15, -0.1) is 0 Å². The lowest BCUT2D eigenvalue weighted by atomic mass is 10.1. The third kappa shape index (κ3) is 2.49. The number of anilines is 1. The van der Waals surface area contributed by atoms with Crippen molar-refractivity contribution in [1.29, 1.82) is 0 Å². The number of rotatable bonds is 3. The van der Waals surface area contributed by atoms with Gasteiger partial charge in [-0.25, -0.2) is 0 Å². The van der Waals surface area contributed by atoms with Crippen LogP contribution in [0.5, 0.6) is 0 Å². The molecule has 2 aromatic carbocycles. The Morgan fingerprint density at radius 3 is 2.68 bits per heavy atom. The van der Waals surface area contributed by atoms with Crippen molar-refractivity contribution < 1.29 is 14.3 Å². The summed E-state index contributed by atoms with van der Waals surface area (Å²) in [5.41, 5.74) is 3.88. The van der Waals surface area contributed by atoms with Gasteiger partial charge in [-0.05, 0) is 37.1 Å². The molecule has 0 aliphatic rings. The highest BCUT2D eigenvalue weighted by Gasteiger charge is 2.18. The number of aliphatic hydroxyl groups excluding tert-OH is 1. The van der Waals surface area contributed by atoms with Crippen molar-refractivity contribution in [2.45, 2.75) is 20.5 Å². The predicted molar refractivity (Wildman–Crippen MR) is 86.0 cm³/mol. The van der Waals surface area contributed by atoms with Gasteiger partial charge in [0.2, 0.25) is 0 Å². The molecule has 1 aromatic heterocycles. The second-order valence-corrected chi connectivity index (χ2v) is 5.31. The van der Waals surface area contributed by atoms with E-state index in [0.29, 0.717) is 17.0 Å². The zero-order valence-corrected chi connectivity index (χ0v) is 12.5. The van der Waals surface area contributed by atoms with Crippen molar-refractivity contribution >= 4 is 22.6 Å². The van der Waals surface area contributed by atoms with Gasteiger partial charge in [0.25, 0.3) is 5.91 Å². The molecule has 0 aliphatic heterocycles. The lowest BCUT2D eigenvalue weighted by Crippen LogP contribution is -2.13. The monoisotopic (exact) mass is 295 g/mol. The Labute approximate surface area is 128 Å². The van der Waals surface area contributed by atoms with Crippen molar-refractivity contribution in [1.82, 2.24) is 0 Å². The number of furan rings is 1. The molecular formula is C18H17NO3. The van der Waals surface area contributed by atoms with Crippen LogP contribution in [-0.2, 0) is 6.61 Å². The smallest absolute Gasteiger partial charge is 0.291 e. The summed E-state index contributed by atoms with van der Waals surface area (Å²) in [5, 5.41) is 13.0. The zero-order valence-electron chi connectivity index (χ0n) is 12.5. The Morgan fingerprint density at radius 2 is 1.95 bits per heavy atom. The van der Waals surface area contributed by atoms with E-state index < -0.39 is 0 Å². The average Bonchev–Trinajstić information content (AvgIpc) is 2.87. The third-order valence-corrected chi connectivity index (χ3v) is 3.78. The standard InChI is InChI=1S/C18H17NO3/c1-11-7-8-13(10-20)9-15(11)19-18(21)17-12(2)14-5-3-4-6-16(14)22-17/h3-9,20H,10H2,1-2H3,(H,19,21). The van der Waals surface area contributed by atoms with Crippen molar-refractivity contribution in [3.05, 3.63) is 64.9 Å². The van der Waals surface area contributed by atoms with Gasteiger partial charge in [-0.2, -0.15) is 0 Å². The molecule has 0 radical (unpaired) electrons. The minimum atomic E-state index is -0.285. The van der Waals surface area contributed by atoms with Crippen LogP contribution in [0.1, 0.15) is 27.2 Å². The molecule has 2 N–H and O–H groups in total. The summed E-state index contributed by atoms with van der Waals surface area (Å²) in [7, 11) is 0. The molecule has 0 saturated carbocycles. The molecule has 22 heavy (non-hydrogen) atoms. The fourth-order valence-electron chi connectivity index (χ4n) is 2.47. The van der Waals surface area contributed by atoms with Crippen LogP contribution in [0.25, 0.3) is 11.0 Å². The van der Waals surface area contributed by atoms with Crippen LogP contribution in [0.3, 0.4) is 0 Å². The molecule has 1 heterocycles. The number of hydrogen-bond donors (Lipinski definition) is 2. The predicted octanol–water partition coefficient (Wildman–Crippen LogP) is 3.79. The summed E-state index contributed by atoms with van der Waals surface area (Å²) in [6, 6.07) is 13.0. The lowest BCUT2D eigenvalue weighted by Gasteiger charge is -2.09. The summed E-state index contributed by atoms with van der Waals surface area (Å²) in [6.07, 6.45) is 0. The topological polar surface area (TPSA) is 62.5 Å². The molecule has 4 heteroatoms. The number of benzene rings is 2. The van der Waals surface area contributed by atoms with Crippen molar-refractivity contribution in [2.24, 2.45) is 0 Å². The van der Waals surface area contributed by atoms with E-state index in [1.807, 2.05) is 50.2 Å². The first-order chi connectivity index (χ1) is 10.6. The Bertz CT molecular complexity index is 849. The van der Waals surface area contributed by atoms with Gasteiger partial charge in [-0.1, -0.05) is 30.3 Å². The molecule has 0 bridgehead atoms. The van der Waals surface area contributed by atoms with E-state index in [1.165, 1.54) is 0 Å². The van der Waals surface area contributed by atoms with Crippen molar-refractivity contribution in [3.8, 4) is 0 Å². The summed E-state index contributed by atoms with van der Waals surface area (Å²) in [4.78, 5) is 12.5. The Balaban J connectivity index is 1.95. The van der Waals surface area contributed by atoms with Gasteiger partial charge in [-0.3, -0.25) is 4.79 Å². The Kier molecular flexibility index (Phi) is 3.69. The van der Waals surface area contributed by atoms with Crippen LogP contribution in [0.4, 0.5) is 5.69 Å². The SMILES string of the molecule is Cc1ccc(CO)cc1NC(=O)c1oc2ccccc2c1C. The highest BCUT2D eigenvalue weighted by Crippen LogP contribution is 2.26. The van der Waals surface area contributed by atoms with Gasteiger partial charge in [0, 0.05) is 16.6 Å². The summed E-state index contributed by atoms with van der Waals surface area (Å²) in [5.74, 6) is 0.0295. The largest absolute Gasteiger partial charge is 0.451 e. The van der Waals surface area contributed by atoms with E-state index >= 15 is 0 Å². The molecule has 4 nitrogen and oxygen atoms in total. The van der Waals surface area contributed by atoms with E-state index in [-0.39, 0.29) is 12.5 Å². The molecule has 0 fully saturated rings. The Hall–Kier alpha value is -2.59. The van der Waals surface area contributed by atoms with E-state index in [1.54, 1.807) is 6.07 Å². The number of nitrogens with one attached hydrogen (secondary N) is 1. The molecule has 112 valence electrons. The van der Waals surface area contributed by atoms with Crippen LogP contribution < -0.4 is 5.32 Å². The van der Waals surface area contributed by atoms with Crippen LogP contribution in [-0.4, -0.2) is 11.0 Å². The zero-order chi connectivity index (χ0) is 15.7. The van der Waals surface area contributed by atoms with Gasteiger partial charge >= 0.3 is 0 Å². The maximum Gasteiger partial charge on any atom is 0.291 e. The van der Waals surface area contributed by atoms with E-state index in [2.05, 4.69) is 5.32 Å². The number of hydrogen-bond acceptors (Lipinski definition) is 3. The maximum absolute atomic E-state index is 12.5. The molecule has 0 unspecified atom stereocenters. The lowest BCUT2D eigenvalue weighted by molar-refractivity contribution is 0.0998. The quantitative estimate of drug-likeness (QED) is 0.772. The van der Waals surface area contributed by atoms with E-state index in [9.17, 15) is 9.90 Å². The molecule has 0 aliphatic carbocycles. The van der Waals surface area contributed by atoms with Crippen molar-refractivity contribution in [2.75, 3.05) is 5.32 Å². The summed E-state index contributed by atoms with van der Waals surface area (Å²) < 4.78 is 5.67. The number of carbonyl (C=O) groups excluding carboxylic acids is 1. The van der Waals surface area contributed by atoms with E-state index in [4.69, 9.17) is 4.42 Å². The molecule has 0 spiro atoms. The summed E-state index contributed by atoms with van der Waals surface area (Å²) >= 11 is 0. The molecule has 0 atom stereocenters. The second kappa shape index (κ2) is 5.66. The van der Waals surface area contributed by atoms with Crippen LogP contribution >= 0.6 is 0 Å². The van der Waals surface area contributed by atoms with Gasteiger partial charge in [0.1, 0.15) is 5.58 Å². The second-order valence-electron chi connectivity index (χ2n) is 5.31. The summed E-state index contributed by atoms with van der Waals surface area (Å²) in [6.45, 7) is 3.72. The van der Waals surface area contributed by atoms with Gasteiger partial charge in [0.05, 0.1) is 6.61 Å². The van der Waals surface area contributed by atoms with Crippen LogP contribution in [0, 0.1) is 13.8 Å². The minimum Gasteiger partial charge on any atom is -0.451 e. The number of amides is 1. The highest BCUT2D eigenvalue weighted by atomic mass is 16.3. The molecule has 0 saturated heterocycles. The number of para-hydroxylation sites is 1. The van der Waals surface area contributed by atoms with Crippen molar-refractivity contribution in [3.63, 3.8) is 0 Å². The van der Waals surface area contributed by atoms with Gasteiger partial charge in [0.15, 0.2) is 5.76 Å². The normalized spacial score (nSPS) is 10.9. The van der Waals surface area contributed by atoms with Crippen LogP contribution in [0.2, 0.25) is 0 Å². The molecule has 1 amide bonds. The first-order valence-electron chi connectivity index (χ1n) is 7.10. The van der Waals surface area contributed by atoms with Crippen LogP contribution in [0.15, 0.2) is 46.9 Å². The average molecular weight is 295 g/mol. The third-order valence-electron chi connectivity index (χ3n) is 3.78. The fraction of sp³-hybridized carbons (Fsp3) is 0.167. The fourth-order valence-corrected chi connectivity index (χ4v) is 2.47. The number of fused-ring (bicyclic) bond motifs is 1. The van der Waals surface area contributed by atoms with E-state index in [0.717, 1.165) is 22.1 Å². The first kappa shape index (κ1) is 14.4. The number of aryl methyl sites for hydroxylation is 2. The van der Waals surface area contributed by atoms with Gasteiger partial charge < -0.3 is 14.8 Å². The first-order valence-corrected chi connectivity index (χ1v) is 7.10. The molecule has 3 aromatic rings. The maximum atomic E-state index is 12.5. The highest BCUT2D eigenvalue weighted by molar-refractivity contribution is 6.06. The molecule has 3 rings (SSSR count). The Morgan fingerprint density at radius 1 is 1.18 bits per heavy atom.